The standard InChI is InChI=1S/C6H7Br/c1-4-5(2)6(3)7/h4H,1-3H2. The first-order valence-electron chi connectivity index (χ1n) is 1.84. The topological polar surface area (TPSA) is 0 Å². The minimum Gasteiger partial charge on any atom is -0.0985 e. The average molecular weight is 159 g/mol. The fourth-order valence-electron chi connectivity index (χ4n) is 0.111. The van der Waals surface area contributed by atoms with E-state index in [2.05, 4.69) is 35.7 Å². The van der Waals surface area contributed by atoms with Crippen LogP contribution in [0.25, 0.3) is 0 Å². The minimum absolute atomic E-state index is 0.794. The highest BCUT2D eigenvalue weighted by molar-refractivity contribution is 9.11. The summed E-state index contributed by atoms with van der Waals surface area (Å²) in [5.74, 6) is 0. The lowest BCUT2D eigenvalue weighted by molar-refractivity contribution is 1.78. The van der Waals surface area contributed by atoms with E-state index in [-0.39, 0.29) is 0 Å². The summed E-state index contributed by atoms with van der Waals surface area (Å²) >= 11 is 3.13. The predicted molar refractivity (Wildman–Crippen MR) is 37.4 cm³/mol. The van der Waals surface area contributed by atoms with E-state index in [1.165, 1.54) is 0 Å². The molecule has 0 N–H and O–H groups in total. The Hall–Kier alpha value is -0.300. The summed E-state index contributed by atoms with van der Waals surface area (Å²) in [6.45, 7) is 10.7. The van der Waals surface area contributed by atoms with Gasteiger partial charge in [0.15, 0.2) is 0 Å². The Balaban J connectivity index is 3.81. The van der Waals surface area contributed by atoms with Crippen molar-refractivity contribution in [2.75, 3.05) is 0 Å². The van der Waals surface area contributed by atoms with E-state index >= 15 is 0 Å². The summed E-state index contributed by atoms with van der Waals surface area (Å²) in [5, 5.41) is 0. The summed E-state index contributed by atoms with van der Waals surface area (Å²) in [5.41, 5.74) is 0.833. The number of rotatable bonds is 2. The van der Waals surface area contributed by atoms with Crippen LogP contribution < -0.4 is 0 Å². The van der Waals surface area contributed by atoms with Gasteiger partial charge in [0.25, 0.3) is 0 Å². The van der Waals surface area contributed by atoms with Gasteiger partial charge in [-0.05, 0) is 5.57 Å². The number of allylic oxidation sites excluding steroid dienone is 3. The molecule has 1 heteroatoms. The van der Waals surface area contributed by atoms with Crippen LogP contribution in [0, 0.1) is 0 Å². The van der Waals surface area contributed by atoms with E-state index in [0.717, 1.165) is 10.1 Å². The van der Waals surface area contributed by atoms with Crippen molar-refractivity contribution >= 4 is 15.9 Å². The molecule has 7 heavy (non-hydrogen) atoms. The minimum atomic E-state index is 0.794. The van der Waals surface area contributed by atoms with Crippen molar-refractivity contribution in [3.63, 3.8) is 0 Å². The quantitative estimate of drug-likeness (QED) is 0.543. The van der Waals surface area contributed by atoms with Gasteiger partial charge < -0.3 is 0 Å². The Labute approximate surface area is 52.4 Å². The maximum Gasteiger partial charge on any atom is 0.0169 e. The van der Waals surface area contributed by atoms with Gasteiger partial charge in [-0.25, -0.2) is 0 Å². The molecule has 0 atom stereocenters. The van der Waals surface area contributed by atoms with Crippen molar-refractivity contribution in [3.05, 3.63) is 35.9 Å². The third-order valence-electron chi connectivity index (χ3n) is 0.595. The Morgan fingerprint density at radius 3 is 1.86 bits per heavy atom. The lowest BCUT2D eigenvalue weighted by Crippen LogP contribution is -1.65. The summed E-state index contributed by atoms with van der Waals surface area (Å²) in [7, 11) is 0. The van der Waals surface area contributed by atoms with Gasteiger partial charge in [0, 0.05) is 4.48 Å². The van der Waals surface area contributed by atoms with Crippen molar-refractivity contribution in [2.24, 2.45) is 0 Å². The molecule has 0 rings (SSSR count). The second-order valence-corrected chi connectivity index (χ2v) is 2.09. The van der Waals surface area contributed by atoms with E-state index < -0.39 is 0 Å². The van der Waals surface area contributed by atoms with Gasteiger partial charge in [-0.2, -0.15) is 0 Å². The van der Waals surface area contributed by atoms with E-state index in [1.807, 2.05) is 0 Å². The normalized spacial score (nSPS) is 7.57. The molecule has 0 amide bonds. The van der Waals surface area contributed by atoms with E-state index in [4.69, 9.17) is 0 Å². The van der Waals surface area contributed by atoms with Crippen LogP contribution in [0.3, 0.4) is 0 Å². The van der Waals surface area contributed by atoms with Gasteiger partial charge in [-0.1, -0.05) is 41.7 Å². The highest BCUT2D eigenvalue weighted by Crippen LogP contribution is 2.11. The first kappa shape index (κ1) is 6.70. The molecule has 0 spiro atoms. The fraction of sp³-hybridized carbons (Fsp3) is 0. The van der Waals surface area contributed by atoms with Gasteiger partial charge in [0.05, 0.1) is 0 Å². The molecular weight excluding hydrogens is 152 g/mol. The van der Waals surface area contributed by atoms with Crippen LogP contribution in [0.5, 0.6) is 0 Å². The van der Waals surface area contributed by atoms with Crippen LogP contribution in [-0.4, -0.2) is 0 Å². The smallest absolute Gasteiger partial charge is 0.0169 e. The van der Waals surface area contributed by atoms with Crippen molar-refractivity contribution in [1.29, 1.82) is 0 Å². The monoisotopic (exact) mass is 158 g/mol. The Kier molecular flexibility index (Phi) is 2.68. The molecule has 0 aliphatic carbocycles. The number of hydrogen-bond donors (Lipinski definition) is 0. The number of halogens is 1. The Morgan fingerprint density at radius 2 is 1.86 bits per heavy atom. The maximum atomic E-state index is 3.61. The predicted octanol–water partition coefficient (Wildman–Crippen LogP) is 2.64. The maximum absolute atomic E-state index is 3.61. The summed E-state index contributed by atoms with van der Waals surface area (Å²) in [4.78, 5) is 0. The van der Waals surface area contributed by atoms with E-state index in [9.17, 15) is 0 Å². The van der Waals surface area contributed by atoms with Gasteiger partial charge in [-0.3, -0.25) is 0 Å². The number of hydrogen-bond acceptors (Lipinski definition) is 0. The van der Waals surface area contributed by atoms with E-state index in [1.54, 1.807) is 6.08 Å². The Morgan fingerprint density at radius 1 is 1.43 bits per heavy atom. The van der Waals surface area contributed by atoms with Gasteiger partial charge in [-0.15, -0.1) is 0 Å². The van der Waals surface area contributed by atoms with Crippen molar-refractivity contribution in [1.82, 2.24) is 0 Å². The Bertz CT molecular complexity index is 111. The molecule has 0 saturated carbocycles. The van der Waals surface area contributed by atoms with Crippen LogP contribution in [-0.2, 0) is 0 Å². The average Bonchev–Trinajstić information content (AvgIpc) is 1.65. The molecule has 0 aromatic heterocycles. The molecule has 0 unspecified atom stereocenters. The second-order valence-electron chi connectivity index (χ2n) is 1.13. The lowest BCUT2D eigenvalue weighted by atomic mass is 10.3. The molecular formula is C6H7Br. The highest BCUT2D eigenvalue weighted by Gasteiger charge is 1.83. The molecule has 0 bridgehead atoms. The largest absolute Gasteiger partial charge is 0.0985 e. The first-order valence-corrected chi connectivity index (χ1v) is 2.64. The molecule has 0 aromatic rings. The molecule has 0 aliphatic heterocycles. The molecule has 0 heterocycles. The van der Waals surface area contributed by atoms with Crippen LogP contribution in [0.1, 0.15) is 0 Å². The molecule has 0 fully saturated rings. The van der Waals surface area contributed by atoms with E-state index in [0.29, 0.717) is 0 Å². The third kappa shape index (κ3) is 2.40. The van der Waals surface area contributed by atoms with Crippen LogP contribution in [0.2, 0.25) is 0 Å². The highest BCUT2D eigenvalue weighted by atomic mass is 79.9. The SMILES string of the molecule is C=CC(=C)C(=C)Br. The third-order valence-corrected chi connectivity index (χ3v) is 1.10. The molecule has 0 saturated heterocycles. The van der Waals surface area contributed by atoms with Crippen molar-refractivity contribution in [2.45, 2.75) is 0 Å². The zero-order chi connectivity index (χ0) is 5.86. The lowest BCUT2D eigenvalue weighted by Gasteiger charge is -1.88. The molecule has 0 aliphatic rings. The second kappa shape index (κ2) is 2.80. The first-order chi connectivity index (χ1) is 3.18. The van der Waals surface area contributed by atoms with Gasteiger partial charge in [0.1, 0.15) is 0 Å². The van der Waals surface area contributed by atoms with Crippen LogP contribution in [0.15, 0.2) is 35.9 Å². The fourth-order valence-corrected chi connectivity index (χ4v) is 0.273. The van der Waals surface area contributed by atoms with Crippen LogP contribution >= 0.6 is 15.9 Å². The summed E-state index contributed by atoms with van der Waals surface area (Å²) < 4.78 is 0.794. The molecule has 0 nitrogen and oxygen atoms in total. The van der Waals surface area contributed by atoms with Crippen molar-refractivity contribution in [3.8, 4) is 0 Å². The van der Waals surface area contributed by atoms with Crippen LogP contribution in [0.4, 0.5) is 0 Å². The van der Waals surface area contributed by atoms with Crippen molar-refractivity contribution < 1.29 is 0 Å². The zero-order valence-corrected chi connectivity index (χ0v) is 5.66. The van der Waals surface area contributed by atoms with Gasteiger partial charge in [0.2, 0.25) is 0 Å². The summed E-state index contributed by atoms with van der Waals surface area (Å²) in [6.07, 6.45) is 1.65. The molecule has 0 radical (unpaired) electrons. The molecule has 0 aromatic carbocycles. The summed E-state index contributed by atoms with van der Waals surface area (Å²) in [6, 6.07) is 0. The van der Waals surface area contributed by atoms with Gasteiger partial charge >= 0.3 is 0 Å². The zero-order valence-electron chi connectivity index (χ0n) is 4.08. The molecule has 38 valence electrons.